The molecule has 1 amide bonds. The molecule has 3 rings (SSSR count). The van der Waals surface area contributed by atoms with E-state index in [1.165, 1.54) is 5.56 Å². The molecule has 0 spiro atoms. The van der Waals surface area contributed by atoms with E-state index in [9.17, 15) is 4.79 Å². The predicted molar refractivity (Wildman–Crippen MR) is 97.1 cm³/mol. The van der Waals surface area contributed by atoms with Gasteiger partial charge < -0.3 is 9.64 Å². The van der Waals surface area contributed by atoms with Crippen LogP contribution in [0.3, 0.4) is 0 Å². The maximum absolute atomic E-state index is 12.6. The molecule has 0 aromatic heterocycles. The van der Waals surface area contributed by atoms with Crippen LogP contribution in [-0.4, -0.2) is 31.0 Å². The second-order valence-electron chi connectivity index (χ2n) is 5.98. The van der Waals surface area contributed by atoms with E-state index in [0.29, 0.717) is 21.5 Å². The van der Waals surface area contributed by atoms with Crippen molar-refractivity contribution < 1.29 is 9.53 Å². The Morgan fingerprint density at radius 3 is 2.46 bits per heavy atom. The number of methoxy groups -OCH3 is 1. The van der Waals surface area contributed by atoms with Crippen molar-refractivity contribution in [1.82, 2.24) is 4.90 Å². The van der Waals surface area contributed by atoms with Crippen molar-refractivity contribution in [2.45, 2.75) is 18.8 Å². The van der Waals surface area contributed by atoms with Gasteiger partial charge in [-0.05, 0) is 41.8 Å². The Labute approximate surface area is 152 Å². The van der Waals surface area contributed by atoms with Crippen molar-refractivity contribution in [2.75, 3.05) is 20.2 Å². The van der Waals surface area contributed by atoms with Gasteiger partial charge in [0.15, 0.2) is 0 Å². The number of amides is 1. The molecule has 1 aliphatic rings. The molecule has 0 N–H and O–H groups in total. The summed E-state index contributed by atoms with van der Waals surface area (Å²) in [7, 11) is 1.66. The third-order valence-corrected chi connectivity index (χ3v) is 5.23. The minimum absolute atomic E-state index is 0.0704. The molecule has 1 atom stereocenters. The molecule has 2 aromatic rings. The molecule has 1 fully saturated rings. The average molecular weight is 364 g/mol. The van der Waals surface area contributed by atoms with Gasteiger partial charge in [-0.3, -0.25) is 4.79 Å². The van der Waals surface area contributed by atoms with Gasteiger partial charge in [0.2, 0.25) is 5.91 Å². The van der Waals surface area contributed by atoms with E-state index in [0.717, 1.165) is 25.3 Å². The lowest BCUT2D eigenvalue weighted by atomic mass is 9.98. The maximum atomic E-state index is 12.6. The molecule has 5 heteroatoms. The third kappa shape index (κ3) is 3.68. The van der Waals surface area contributed by atoms with Crippen molar-refractivity contribution in [3.05, 3.63) is 63.6 Å². The highest BCUT2D eigenvalue weighted by Crippen LogP contribution is 2.30. The molecule has 0 radical (unpaired) electrons. The van der Waals surface area contributed by atoms with Gasteiger partial charge in [0.25, 0.3) is 0 Å². The van der Waals surface area contributed by atoms with E-state index in [-0.39, 0.29) is 12.3 Å². The first-order chi connectivity index (χ1) is 11.6. The second kappa shape index (κ2) is 7.45. The van der Waals surface area contributed by atoms with Gasteiger partial charge in [-0.25, -0.2) is 0 Å². The molecule has 0 bridgehead atoms. The lowest BCUT2D eigenvalue weighted by Gasteiger charge is -2.18. The normalized spacial score (nSPS) is 17.1. The summed E-state index contributed by atoms with van der Waals surface area (Å²) in [5.41, 5.74) is 1.95. The zero-order valence-electron chi connectivity index (χ0n) is 13.5. The summed E-state index contributed by atoms with van der Waals surface area (Å²) in [4.78, 5) is 14.5. The molecule has 1 saturated heterocycles. The largest absolute Gasteiger partial charge is 0.497 e. The SMILES string of the molecule is COc1ccc(C2CCN(C(=O)Cc3c(Cl)cccc3Cl)C2)cc1. The third-order valence-electron chi connectivity index (χ3n) is 4.52. The first kappa shape index (κ1) is 17.1. The number of likely N-dealkylation sites (tertiary alicyclic amines) is 1. The van der Waals surface area contributed by atoms with Crippen LogP contribution < -0.4 is 4.74 Å². The summed E-state index contributed by atoms with van der Waals surface area (Å²) in [6.07, 6.45) is 1.21. The van der Waals surface area contributed by atoms with Gasteiger partial charge in [0.05, 0.1) is 13.5 Å². The van der Waals surface area contributed by atoms with Crippen LogP contribution in [-0.2, 0) is 11.2 Å². The fraction of sp³-hybridized carbons (Fsp3) is 0.316. The maximum Gasteiger partial charge on any atom is 0.227 e. The monoisotopic (exact) mass is 363 g/mol. The summed E-state index contributed by atoms with van der Waals surface area (Å²) in [5, 5.41) is 1.09. The fourth-order valence-corrected chi connectivity index (χ4v) is 3.63. The molecule has 126 valence electrons. The number of carbonyl (C=O) groups excluding carboxylic acids is 1. The molecule has 2 aromatic carbocycles. The summed E-state index contributed by atoms with van der Waals surface area (Å²) < 4.78 is 5.19. The summed E-state index contributed by atoms with van der Waals surface area (Å²) in [6, 6.07) is 13.4. The molecular weight excluding hydrogens is 345 g/mol. The average Bonchev–Trinajstić information content (AvgIpc) is 3.08. The van der Waals surface area contributed by atoms with Gasteiger partial charge in [-0.2, -0.15) is 0 Å². The highest BCUT2D eigenvalue weighted by Gasteiger charge is 2.28. The van der Waals surface area contributed by atoms with E-state index < -0.39 is 0 Å². The smallest absolute Gasteiger partial charge is 0.227 e. The van der Waals surface area contributed by atoms with Gasteiger partial charge in [0, 0.05) is 29.1 Å². The molecule has 1 heterocycles. The molecule has 0 aliphatic carbocycles. The number of hydrogen-bond acceptors (Lipinski definition) is 2. The first-order valence-electron chi connectivity index (χ1n) is 7.93. The molecule has 24 heavy (non-hydrogen) atoms. The predicted octanol–water partition coefficient (Wildman–Crippen LogP) is 4.56. The molecule has 1 unspecified atom stereocenters. The zero-order valence-corrected chi connectivity index (χ0v) is 15.0. The van der Waals surface area contributed by atoms with Crippen LogP contribution in [0.5, 0.6) is 5.75 Å². The number of nitrogens with zero attached hydrogens (tertiary/aromatic N) is 1. The lowest BCUT2D eigenvalue weighted by molar-refractivity contribution is -0.129. The zero-order chi connectivity index (χ0) is 17.1. The lowest BCUT2D eigenvalue weighted by Crippen LogP contribution is -2.30. The Kier molecular flexibility index (Phi) is 5.32. The van der Waals surface area contributed by atoms with Gasteiger partial charge in [-0.15, -0.1) is 0 Å². The van der Waals surface area contributed by atoms with Crippen LogP contribution in [0.15, 0.2) is 42.5 Å². The van der Waals surface area contributed by atoms with Crippen molar-refractivity contribution in [1.29, 1.82) is 0 Å². The second-order valence-corrected chi connectivity index (χ2v) is 6.79. The van der Waals surface area contributed by atoms with E-state index >= 15 is 0 Å². The Bertz CT molecular complexity index is 710. The van der Waals surface area contributed by atoms with Crippen LogP contribution in [0, 0.1) is 0 Å². The molecule has 3 nitrogen and oxygen atoms in total. The summed E-state index contributed by atoms with van der Waals surface area (Å²) in [6.45, 7) is 1.49. The van der Waals surface area contributed by atoms with Crippen LogP contribution >= 0.6 is 23.2 Å². The van der Waals surface area contributed by atoms with Crippen molar-refractivity contribution in [2.24, 2.45) is 0 Å². The minimum Gasteiger partial charge on any atom is -0.497 e. The summed E-state index contributed by atoms with van der Waals surface area (Å²) >= 11 is 12.3. The Balaban J connectivity index is 1.65. The molecular formula is C19H19Cl2NO2. The number of rotatable bonds is 4. The van der Waals surface area contributed by atoms with E-state index in [1.54, 1.807) is 25.3 Å². The highest BCUT2D eigenvalue weighted by molar-refractivity contribution is 6.36. The quantitative estimate of drug-likeness (QED) is 0.796. The van der Waals surface area contributed by atoms with Crippen LogP contribution in [0.1, 0.15) is 23.5 Å². The number of carbonyl (C=O) groups is 1. The number of halogens is 2. The standard InChI is InChI=1S/C19H19Cl2NO2/c1-24-15-7-5-13(6-8-15)14-9-10-22(12-14)19(23)11-16-17(20)3-2-4-18(16)21/h2-8,14H,9-12H2,1H3. The van der Waals surface area contributed by atoms with Crippen LogP contribution in [0.2, 0.25) is 10.0 Å². The highest BCUT2D eigenvalue weighted by atomic mass is 35.5. The first-order valence-corrected chi connectivity index (χ1v) is 8.68. The molecule has 0 saturated carbocycles. The van der Waals surface area contributed by atoms with Crippen molar-refractivity contribution in [3.8, 4) is 5.75 Å². The van der Waals surface area contributed by atoms with Crippen molar-refractivity contribution in [3.63, 3.8) is 0 Å². The van der Waals surface area contributed by atoms with Gasteiger partial charge >= 0.3 is 0 Å². The number of ether oxygens (including phenoxy) is 1. The fourth-order valence-electron chi connectivity index (χ4n) is 3.10. The topological polar surface area (TPSA) is 29.5 Å². The van der Waals surface area contributed by atoms with E-state index in [2.05, 4.69) is 12.1 Å². The van der Waals surface area contributed by atoms with E-state index in [1.807, 2.05) is 17.0 Å². The minimum atomic E-state index is 0.0704. The Morgan fingerprint density at radius 1 is 1.17 bits per heavy atom. The van der Waals surface area contributed by atoms with Gasteiger partial charge in [0.1, 0.15) is 5.75 Å². The number of benzene rings is 2. The van der Waals surface area contributed by atoms with Crippen LogP contribution in [0.4, 0.5) is 0 Å². The Morgan fingerprint density at radius 2 is 1.83 bits per heavy atom. The summed E-state index contributed by atoms with van der Waals surface area (Å²) in [5.74, 6) is 1.28. The van der Waals surface area contributed by atoms with Gasteiger partial charge in [-0.1, -0.05) is 41.4 Å². The van der Waals surface area contributed by atoms with E-state index in [4.69, 9.17) is 27.9 Å². The van der Waals surface area contributed by atoms with Crippen molar-refractivity contribution >= 4 is 29.1 Å². The number of hydrogen-bond donors (Lipinski definition) is 0. The molecule has 1 aliphatic heterocycles. The van der Waals surface area contributed by atoms with Crippen LogP contribution in [0.25, 0.3) is 0 Å². The Hall–Kier alpha value is -1.71.